The van der Waals surface area contributed by atoms with Crippen LogP contribution in [0.2, 0.25) is 0 Å². The van der Waals surface area contributed by atoms with Gasteiger partial charge in [-0.2, -0.15) is 0 Å². The molecule has 0 amide bonds. The van der Waals surface area contributed by atoms with Crippen molar-refractivity contribution >= 4 is 23.5 Å². The first-order valence-corrected chi connectivity index (χ1v) is 7.85. The second kappa shape index (κ2) is 5.89. The minimum absolute atomic E-state index is 0.107. The van der Waals surface area contributed by atoms with Gasteiger partial charge in [0.1, 0.15) is 0 Å². The number of aliphatic hydroxyl groups is 1. The van der Waals surface area contributed by atoms with Gasteiger partial charge in [-0.15, -0.1) is 23.5 Å². The van der Waals surface area contributed by atoms with Gasteiger partial charge in [0.2, 0.25) is 0 Å². The second-order valence-electron chi connectivity index (χ2n) is 6.40. The summed E-state index contributed by atoms with van der Waals surface area (Å²) in [5, 5.41) is 9.36. The van der Waals surface area contributed by atoms with Gasteiger partial charge < -0.3 is 5.11 Å². The van der Waals surface area contributed by atoms with E-state index >= 15 is 0 Å². The highest BCUT2D eigenvalue weighted by atomic mass is 32.2. The molecule has 0 aliphatic carbocycles. The smallest absolute Gasteiger partial charge is 0.0682 e. The van der Waals surface area contributed by atoms with Crippen LogP contribution < -0.4 is 0 Å². The average molecular weight is 284 g/mol. The van der Waals surface area contributed by atoms with Gasteiger partial charge >= 0.3 is 0 Å². The Bertz CT molecular complexity index is 366. The highest BCUT2D eigenvalue weighted by molar-refractivity contribution is 8.01. The highest BCUT2D eigenvalue weighted by Gasteiger charge is 2.16. The quantitative estimate of drug-likeness (QED) is 0.792. The summed E-state index contributed by atoms with van der Waals surface area (Å²) in [6.45, 7) is 13.4. The Morgan fingerprint density at radius 2 is 1.22 bits per heavy atom. The van der Waals surface area contributed by atoms with Gasteiger partial charge in [-0.3, -0.25) is 0 Å². The van der Waals surface area contributed by atoms with E-state index in [1.165, 1.54) is 9.79 Å². The zero-order chi connectivity index (χ0) is 14.0. The number of aliphatic hydroxyl groups excluding tert-OH is 1. The third-order valence-corrected chi connectivity index (χ3v) is 4.14. The molecule has 0 saturated carbocycles. The molecule has 18 heavy (non-hydrogen) atoms. The second-order valence-corrected chi connectivity index (χ2v) is 10.2. The fourth-order valence-electron chi connectivity index (χ4n) is 1.55. The van der Waals surface area contributed by atoms with Gasteiger partial charge in [0.25, 0.3) is 0 Å². The van der Waals surface area contributed by atoms with Crippen molar-refractivity contribution in [3.63, 3.8) is 0 Å². The number of benzene rings is 1. The van der Waals surface area contributed by atoms with Crippen molar-refractivity contribution < 1.29 is 5.11 Å². The zero-order valence-corrected chi connectivity index (χ0v) is 13.8. The van der Waals surface area contributed by atoms with E-state index in [0.717, 1.165) is 5.56 Å². The van der Waals surface area contributed by atoms with Gasteiger partial charge in [-0.05, 0) is 23.8 Å². The van der Waals surface area contributed by atoms with E-state index in [2.05, 4.69) is 59.7 Å². The van der Waals surface area contributed by atoms with E-state index in [1.807, 2.05) is 23.5 Å². The predicted octanol–water partition coefficient (Wildman–Crippen LogP) is 4.96. The summed E-state index contributed by atoms with van der Waals surface area (Å²) in [5.74, 6) is 0. The Balaban J connectivity index is 3.02. The molecule has 102 valence electrons. The maximum Gasteiger partial charge on any atom is 0.0682 e. The first-order chi connectivity index (χ1) is 8.09. The minimum Gasteiger partial charge on any atom is -0.392 e. The lowest BCUT2D eigenvalue weighted by Crippen LogP contribution is -2.08. The summed E-state index contributed by atoms with van der Waals surface area (Å²) in [6, 6.07) is 6.40. The number of thioether (sulfide) groups is 2. The summed E-state index contributed by atoms with van der Waals surface area (Å²) in [4.78, 5) is 2.47. The third-order valence-electron chi connectivity index (χ3n) is 1.97. The standard InChI is InChI=1S/C15H24OS2/c1-14(2,3)17-12-7-11(10-16)8-13(9-12)18-15(4,5)6/h7-9,16H,10H2,1-6H3. The van der Waals surface area contributed by atoms with Crippen LogP contribution in [-0.4, -0.2) is 14.6 Å². The van der Waals surface area contributed by atoms with E-state index in [4.69, 9.17) is 0 Å². The predicted molar refractivity (Wildman–Crippen MR) is 83.6 cm³/mol. The number of rotatable bonds is 3. The normalized spacial score (nSPS) is 12.8. The fraction of sp³-hybridized carbons (Fsp3) is 0.600. The van der Waals surface area contributed by atoms with Crippen molar-refractivity contribution in [2.45, 2.75) is 67.4 Å². The molecule has 0 aliphatic heterocycles. The summed E-state index contributed by atoms with van der Waals surface area (Å²) >= 11 is 3.69. The molecule has 1 aromatic rings. The molecular weight excluding hydrogens is 260 g/mol. The Morgan fingerprint density at radius 1 is 0.833 bits per heavy atom. The minimum atomic E-state index is 0.107. The molecule has 0 aromatic heterocycles. The summed E-state index contributed by atoms with van der Waals surface area (Å²) in [7, 11) is 0. The van der Waals surface area contributed by atoms with Gasteiger partial charge in [-0.1, -0.05) is 41.5 Å². The van der Waals surface area contributed by atoms with E-state index in [9.17, 15) is 5.11 Å². The van der Waals surface area contributed by atoms with E-state index in [1.54, 1.807) is 0 Å². The zero-order valence-electron chi connectivity index (χ0n) is 12.2. The molecule has 0 bridgehead atoms. The number of hydrogen-bond acceptors (Lipinski definition) is 3. The molecule has 0 heterocycles. The summed E-state index contributed by atoms with van der Waals surface area (Å²) < 4.78 is 0.384. The molecule has 1 rings (SSSR count). The van der Waals surface area contributed by atoms with E-state index in [-0.39, 0.29) is 16.1 Å². The topological polar surface area (TPSA) is 20.2 Å². The molecule has 0 unspecified atom stereocenters. The van der Waals surface area contributed by atoms with Crippen LogP contribution in [0, 0.1) is 0 Å². The van der Waals surface area contributed by atoms with Crippen LogP contribution in [0.4, 0.5) is 0 Å². The number of hydrogen-bond donors (Lipinski definition) is 1. The third kappa shape index (κ3) is 6.17. The van der Waals surface area contributed by atoms with Crippen molar-refractivity contribution in [3.8, 4) is 0 Å². The lowest BCUT2D eigenvalue weighted by Gasteiger charge is -2.21. The molecule has 0 aliphatic rings. The monoisotopic (exact) mass is 284 g/mol. The maximum atomic E-state index is 9.36. The van der Waals surface area contributed by atoms with Gasteiger partial charge in [0.05, 0.1) is 6.61 Å². The molecular formula is C15H24OS2. The SMILES string of the molecule is CC(C)(C)Sc1cc(CO)cc(SC(C)(C)C)c1. The van der Waals surface area contributed by atoms with Crippen molar-refractivity contribution in [3.05, 3.63) is 23.8 Å². The van der Waals surface area contributed by atoms with Crippen molar-refractivity contribution in [1.82, 2.24) is 0 Å². The van der Waals surface area contributed by atoms with Crippen molar-refractivity contribution in [2.24, 2.45) is 0 Å². The lowest BCUT2D eigenvalue weighted by atomic mass is 10.2. The Labute approximate surface area is 120 Å². The van der Waals surface area contributed by atoms with Crippen LogP contribution in [-0.2, 0) is 6.61 Å². The Hall–Kier alpha value is -0.120. The molecule has 1 N–H and O–H groups in total. The fourth-order valence-corrected chi connectivity index (χ4v) is 3.83. The van der Waals surface area contributed by atoms with Crippen LogP contribution in [0.3, 0.4) is 0 Å². The molecule has 0 atom stereocenters. The Kier molecular flexibility index (Phi) is 5.22. The highest BCUT2D eigenvalue weighted by Crippen LogP contribution is 2.38. The maximum absolute atomic E-state index is 9.36. The van der Waals surface area contributed by atoms with Gasteiger partial charge in [-0.25, -0.2) is 0 Å². The van der Waals surface area contributed by atoms with Crippen LogP contribution in [0.15, 0.2) is 28.0 Å². The molecule has 1 aromatic carbocycles. The first-order valence-electron chi connectivity index (χ1n) is 6.22. The largest absolute Gasteiger partial charge is 0.392 e. The first kappa shape index (κ1) is 15.9. The van der Waals surface area contributed by atoms with Crippen LogP contribution in [0.5, 0.6) is 0 Å². The Morgan fingerprint density at radius 3 is 1.50 bits per heavy atom. The molecule has 0 fully saturated rings. The van der Waals surface area contributed by atoms with Crippen molar-refractivity contribution in [1.29, 1.82) is 0 Å². The lowest BCUT2D eigenvalue weighted by molar-refractivity contribution is 0.281. The molecule has 1 nitrogen and oxygen atoms in total. The van der Waals surface area contributed by atoms with E-state index in [0.29, 0.717) is 0 Å². The van der Waals surface area contributed by atoms with Crippen LogP contribution in [0.25, 0.3) is 0 Å². The summed E-state index contributed by atoms with van der Waals surface area (Å²) in [6.07, 6.45) is 0. The van der Waals surface area contributed by atoms with Crippen molar-refractivity contribution in [2.75, 3.05) is 0 Å². The molecule has 3 heteroatoms. The molecule has 0 radical (unpaired) electrons. The van der Waals surface area contributed by atoms with Gasteiger partial charge in [0.15, 0.2) is 0 Å². The van der Waals surface area contributed by atoms with E-state index < -0.39 is 0 Å². The average Bonchev–Trinajstić information content (AvgIpc) is 2.11. The van der Waals surface area contributed by atoms with Crippen LogP contribution >= 0.6 is 23.5 Å². The van der Waals surface area contributed by atoms with Crippen LogP contribution in [0.1, 0.15) is 47.1 Å². The van der Waals surface area contributed by atoms with Gasteiger partial charge in [0, 0.05) is 19.3 Å². The molecule has 0 saturated heterocycles. The summed E-state index contributed by atoms with van der Waals surface area (Å²) in [5.41, 5.74) is 0.996. The molecule has 0 spiro atoms.